The standard InChI is InChI=1S/C18H20N4O/c1-14-5-6-22(18-17(14)12-19-13-20-18)16-4-2-3-15(11-16)21-7-9-23-10-8-21/h2-5,11-13H,6-10H2,1H3. The molecule has 0 amide bonds. The van der Waals surface area contributed by atoms with Crippen molar-refractivity contribution in [3.05, 3.63) is 48.4 Å². The maximum atomic E-state index is 5.45. The Bertz CT molecular complexity index is 737. The SMILES string of the molecule is CC1=CCN(c2cccc(N3CCOCC3)c2)c2ncncc21. The normalized spacial score (nSPS) is 17.7. The van der Waals surface area contributed by atoms with Crippen molar-refractivity contribution in [3.63, 3.8) is 0 Å². The van der Waals surface area contributed by atoms with E-state index in [9.17, 15) is 0 Å². The Labute approximate surface area is 136 Å². The largest absolute Gasteiger partial charge is 0.378 e. The number of hydrogen-bond donors (Lipinski definition) is 0. The van der Waals surface area contributed by atoms with Gasteiger partial charge >= 0.3 is 0 Å². The van der Waals surface area contributed by atoms with E-state index in [0.717, 1.165) is 49.9 Å². The zero-order valence-electron chi connectivity index (χ0n) is 13.3. The first kappa shape index (κ1) is 14.2. The molecule has 2 aliphatic heterocycles. The van der Waals surface area contributed by atoms with Crippen molar-refractivity contribution in [2.75, 3.05) is 42.6 Å². The molecular formula is C18H20N4O. The van der Waals surface area contributed by atoms with Crippen molar-refractivity contribution < 1.29 is 4.74 Å². The number of benzene rings is 1. The molecule has 2 aromatic rings. The minimum atomic E-state index is 0.798. The fourth-order valence-corrected chi connectivity index (χ4v) is 3.15. The van der Waals surface area contributed by atoms with Gasteiger partial charge in [-0.25, -0.2) is 9.97 Å². The number of morpholine rings is 1. The molecular weight excluding hydrogens is 288 g/mol. The lowest BCUT2D eigenvalue weighted by molar-refractivity contribution is 0.122. The summed E-state index contributed by atoms with van der Waals surface area (Å²) in [6, 6.07) is 8.67. The van der Waals surface area contributed by atoms with E-state index in [-0.39, 0.29) is 0 Å². The number of aromatic nitrogens is 2. The molecule has 0 radical (unpaired) electrons. The van der Waals surface area contributed by atoms with Crippen LogP contribution in [0.5, 0.6) is 0 Å². The number of anilines is 3. The molecule has 3 heterocycles. The van der Waals surface area contributed by atoms with Crippen LogP contribution in [0.25, 0.3) is 5.57 Å². The fraction of sp³-hybridized carbons (Fsp3) is 0.333. The second-order valence-corrected chi connectivity index (χ2v) is 5.88. The van der Waals surface area contributed by atoms with Crippen LogP contribution in [0.1, 0.15) is 12.5 Å². The Morgan fingerprint density at radius 2 is 1.96 bits per heavy atom. The summed E-state index contributed by atoms with van der Waals surface area (Å²) < 4.78 is 5.45. The van der Waals surface area contributed by atoms with E-state index in [0.29, 0.717) is 0 Å². The van der Waals surface area contributed by atoms with E-state index in [4.69, 9.17) is 4.74 Å². The second-order valence-electron chi connectivity index (χ2n) is 5.88. The van der Waals surface area contributed by atoms with Gasteiger partial charge in [-0.05, 0) is 30.7 Å². The molecule has 1 aromatic heterocycles. The molecule has 2 aliphatic rings. The average Bonchev–Trinajstić information content (AvgIpc) is 2.63. The van der Waals surface area contributed by atoms with Crippen LogP contribution in [0, 0.1) is 0 Å². The summed E-state index contributed by atoms with van der Waals surface area (Å²) in [4.78, 5) is 13.3. The van der Waals surface area contributed by atoms with Crippen LogP contribution in [0.3, 0.4) is 0 Å². The van der Waals surface area contributed by atoms with Crippen LogP contribution in [0.2, 0.25) is 0 Å². The first-order valence-corrected chi connectivity index (χ1v) is 8.00. The van der Waals surface area contributed by atoms with Crippen molar-refractivity contribution >= 4 is 22.8 Å². The zero-order chi connectivity index (χ0) is 15.6. The lowest BCUT2D eigenvalue weighted by Crippen LogP contribution is -2.36. The van der Waals surface area contributed by atoms with E-state index >= 15 is 0 Å². The molecule has 0 spiro atoms. The number of fused-ring (bicyclic) bond motifs is 1. The van der Waals surface area contributed by atoms with Gasteiger partial charge in [-0.1, -0.05) is 12.1 Å². The highest BCUT2D eigenvalue weighted by atomic mass is 16.5. The molecule has 1 saturated heterocycles. The lowest BCUT2D eigenvalue weighted by atomic mass is 10.1. The minimum absolute atomic E-state index is 0.798. The van der Waals surface area contributed by atoms with E-state index in [1.807, 2.05) is 6.20 Å². The van der Waals surface area contributed by atoms with Crippen LogP contribution in [-0.4, -0.2) is 42.8 Å². The predicted molar refractivity (Wildman–Crippen MR) is 92.2 cm³/mol. The molecule has 23 heavy (non-hydrogen) atoms. The van der Waals surface area contributed by atoms with Gasteiger partial charge in [-0.2, -0.15) is 0 Å². The fourth-order valence-electron chi connectivity index (χ4n) is 3.15. The summed E-state index contributed by atoms with van der Waals surface area (Å²) in [5.41, 5.74) is 4.75. The van der Waals surface area contributed by atoms with Crippen LogP contribution < -0.4 is 9.80 Å². The maximum Gasteiger partial charge on any atom is 0.144 e. The predicted octanol–water partition coefficient (Wildman–Crippen LogP) is 2.87. The van der Waals surface area contributed by atoms with Crippen molar-refractivity contribution in [1.29, 1.82) is 0 Å². The van der Waals surface area contributed by atoms with Crippen LogP contribution in [0.4, 0.5) is 17.2 Å². The highest BCUT2D eigenvalue weighted by molar-refractivity contribution is 5.81. The Kier molecular flexibility index (Phi) is 3.71. The zero-order valence-corrected chi connectivity index (χ0v) is 13.3. The third-order valence-corrected chi connectivity index (χ3v) is 4.47. The van der Waals surface area contributed by atoms with Gasteiger partial charge in [0.1, 0.15) is 12.1 Å². The summed E-state index contributed by atoms with van der Waals surface area (Å²) in [7, 11) is 0. The van der Waals surface area contributed by atoms with Gasteiger partial charge in [0.2, 0.25) is 0 Å². The van der Waals surface area contributed by atoms with E-state index in [2.05, 4.69) is 57.0 Å². The summed E-state index contributed by atoms with van der Waals surface area (Å²) in [6.45, 7) is 6.44. The highest BCUT2D eigenvalue weighted by Gasteiger charge is 2.20. The summed E-state index contributed by atoms with van der Waals surface area (Å²) in [6.07, 6.45) is 5.75. The highest BCUT2D eigenvalue weighted by Crippen LogP contribution is 2.35. The molecule has 0 atom stereocenters. The monoisotopic (exact) mass is 308 g/mol. The first-order chi connectivity index (χ1) is 11.3. The van der Waals surface area contributed by atoms with Gasteiger partial charge in [-0.15, -0.1) is 0 Å². The Morgan fingerprint density at radius 3 is 2.83 bits per heavy atom. The Morgan fingerprint density at radius 1 is 1.13 bits per heavy atom. The quantitative estimate of drug-likeness (QED) is 0.853. The number of rotatable bonds is 2. The van der Waals surface area contributed by atoms with Crippen molar-refractivity contribution in [1.82, 2.24) is 9.97 Å². The maximum absolute atomic E-state index is 5.45. The van der Waals surface area contributed by atoms with Gasteiger partial charge < -0.3 is 14.5 Å². The molecule has 0 N–H and O–H groups in total. The van der Waals surface area contributed by atoms with E-state index in [1.165, 1.54) is 11.3 Å². The summed E-state index contributed by atoms with van der Waals surface area (Å²) in [5.74, 6) is 0.985. The average molecular weight is 308 g/mol. The second kappa shape index (κ2) is 6.01. The Balaban J connectivity index is 1.69. The van der Waals surface area contributed by atoms with Crippen molar-refractivity contribution in [2.24, 2.45) is 0 Å². The molecule has 1 aromatic carbocycles. The van der Waals surface area contributed by atoms with E-state index < -0.39 is 0 Å². The third-order valence-electron chi connectivity index (χ3n) is 4.47. The van der Waals surface area contributed by atoms with Crippen molar-refractivity contribution in [3.8, 4) is 0 Å². The lowest BCUT2D eigenvalue weighted by Gasteiger charge is -2.32. The molecule has 4 rings (SSSR count). The smallest absolute Gasteiger partial charge is 0.144 e. The molecule has 0 bridgehead atoms. The third kappa shape index (κ3) is 2.68. The molecule has 5 heteroatoms. The van der Waals surface area contributed by atoms with Gasteiger partial charge in [0, 0.05) is 42.8 Å². The molecule has 5 nitrogen and oxygen atoms in total. The van der Waals surface area contributed by atoms with Gasteiger partial charge in [0.25, 0.3) is 0 Å². The molecule has 0 aliphatic carbocycles. The van der Waals surface area contributed by atoms with E-state index in [1.54, 1.807) is 6.33 Å². The Hall–Kier alpha value is -2.40. The van der Waals surface area contributed by atoms with Crippen LogP contribution in [0.15, 0.2) is 42.9 Å². The summed E-state index contributed by atoms with van der Waals surface area (Å²) in [5, 5.41) is 0. The molecule has 0 unspecified atom stereocenters. The van der Waals surface area contributed by atoms with Crippen LogP contribution >= 0.6 is 0 Å². The molecule has 0 saturated carbocycles. The summed E-state index contributed by atoms with van der Waals surface area (Å²) >= 11 is 0. The molecule has 118 valence electrons. The molecule has 1 fully saturated rings. The van der Waals surface area contributed by atoms with Gasteiger partial charge in [-0.3, -0.25) is 0 Å². The first-order valence-electron chi connectivity index (χ1n) is 8.00. The van der Waals surface area contributed by atoms with Gasteiger partial charge in [0.05, 0.1) is 13.2 Å². The topological polar surface area (TPSA) is 41.5 Å². The number of ether oxygens (including phenoxy) is 1. The van der Waals surface area contributed by atoms with Crippen molar-refractivity contribution in [2.45, 2.75) is 6.92 Å². The number of allylic oxidation sites excluding steroid dienone is 1. The van der Waals surface area contributed by atoms with Gasteiger partial charge in [0.15, 0.2) is 0 Å². The number of hydrogen-bond acceptors (Lipinski definition) is 5. The number of nitrogens with zero attached hydrogens (tertiary/aromatic N) is 4. The van der Waals surface area contributed by atoms with Crippen LogP contribution in [-0.2, 0) is 4.74 Å². The minimum Gasteiger partial charge on any atom is -0.378 e.